The maximum atomic E-state index is 13.3. The van der Waals surface area contributed by atoms with Crippen LogP contribution in [0.1, 0.15) is 24.8 Å². The molecule has 0 amide bonds. The van der Waals surface area contributed by atoms with Crippen molar-refractivity contribution in [3.05, 3.63) is 29.6 Å². The number of benzene rings is 1. The second-order valence-electron chi connectivity index (χ2n) is 4.89. The van der Waals surface area contributed by atoms with Crippen molar-refractivity contribution in [3.63, 3.8) is 0 Å². The Morgan fingerprint density at radius 1 is 1.38 bits per heavy atom. The molecule has 1 saturated carbocycles. The first-order chi connectivity index (χ1) is 7.59. The first-order valence-electron chi connectivity index (χ1n) is 5.76. The summed E-state index contributed by atoms with van der Waals surface area (Å²) in [5.74, 6) is -0.182. The summed E-state index contributed by atoms with van der Waals surface area (Å²) in [5, 5.41) is 0. The van der Waals surface area contributed by atoms with Crippen molar-refractivity contribution in [1.29, 1.82) is 0 Å². The summed E-state index contributed by atoms with van der Waals surface area (Å²) in [6, 6.07) is 5.04. The molecule has 1 fully saturated rings. The predicted molar refractivity (Wildman–Crippen MR) is 65.3 cm³/mol. The molecule has 1 aliphatic rings. The third-order valence-electron chi connectivity index (χ3n) is 3.71. The number of nitrogens with zero attached hydrogens (tertiary/aromatic N) is 1. The molecule has 16 heavy (non-hydrogen) atoms. The van der Waals surface area contributed by atoms with Gasteiger partial charge in [0, 0.05) is 31.7 Å². The Kier molecular flexibility index (Phi) is 2.89. The summed E-state index contributed by atoms with van der Waals surface area (Å²) >= 11 is 0. The molecule has 2 N–H and O–H groups in total. The molecule has 0 saturated heterocycles. The van der Waals surface area contributed by atoms with E-state index in [1.165, 1.54) is 18.1 Å². The van der Waals surface area contributed by atoms with Gasteiger partial charge in [0.05, 0.1) is 0 Å². The number of halogens is 1. The summed E-state index contributed by atoms with van der Waals surface area (Å²) in [6.45, 7) is 0.652. The summed E-state index contributed by atoms with van der Waals surface area (Å²) in [6.07, 6.45) is 3.47. The van der Waals surface area contributed by atoms with Gasteiger partial charge in [0.25, 0.3) is 0 Å². The average molecular weight is 222 g/mol. The minimum Gasteiger partial charge on any atom is -0.377 e. The largest absolute Gasteiger partial charge is 0.377 e. The quantitative estimate of drug-likeness (QED) is 0.850. The van der Waals surface area contributed by atoms with E-state index in [9.17, 15) is 4.39 Å². The van der Waals surface area contributed by atoms with Crippen molar-refractivity contribution >= 4 is 5.69 Å². The molecule has 2 rings (SSSR count). The van der Waals surface area contributed by atoms with Crippen molar-refractivity contribution in [3.8, 4) is 0 Å². The Bertz CT molecular complexity index is 378. The van der Waals surface area contributed by atoms with Crippen LogP contribution in [0.4, 0.5) is 10.1 Å². The lowest BCUT2D eigenvalue weighted by Gasteiger charge is -2.43. The molecule has 2 nitrogen and oxygen atoms in total. The molecule has 0 atom stereocenters. The SMILES string of the molecule is CN(C)c1cc(F)ccc1C1(CN)CCC1. The van der Waals surface area contributed by atoms with Crippen LogP contribution in [0, 0.1) is 5.82 Å². The number of anilines is 1. The van der Waals surface area contributed by atoms with E-state index >= 15 is 0 Å². The molecule has 0 bridgehead atoms. The van der Waals surface area contributed by atoms with E-state index < -0.39 is 0 Å². The highest BCUT2D eigenvalue weighted by molar-refractivity contribution is 5.57. The maximum absolute atomic E-state index is 13.3. The van der Waals surface area contributed by atoms with Gasteiger partial charge in [-0.15, -0.1) is 0 Å². The molecule has 0 unspecified atom stereocenters. The number of hydrogen-bond donors (Lipinski definition) is 1. The monoisotopic (exact) mass is 222 g/mol. The Morgan fingerprint density at radius 2 is 2.06 bits per heavy atom. The van der Waals surface area contributed by atoms with Gasteiger partial charge in [0.1, 0.15) is 5.82 Å². The van der Waals surface area contributed by atoms with E-state index in [4.69, 9.17) is 5.73 Å². The molecule has 1 aromatic carbocycles. The Labute approximate surface area is 96.2 Å². The summed E-state index contributed by atoms with van der Waals surface area (Å²) in [5.41, 5.74) is 8.15. The molecule has 0 heterocycles. The zero-order valence-electron chi connectivity index (χ0n) is 9.96. The zero-order valence-corrected chi connectivity index (χ0v) is 9.96. The molecule has 0 aliphatic heterocycles. The lowest BCUT2D eigenvalue weighted by atomic mass is 9.64. The average Bonchev–Trinajstić information content (AvgIpc) is 2.19. The lowest BCUT2D eigenvalue weighted by molar-refractivity contribution is 0.253. The van der Waals surface area contributed by atoms with Crippen LogP contribution in [0.5, 0.6) is 0 Å². The summed E-state index contributed by atoms with van der Waals surface area (Å²) in [4.78, 5) is 1.97. The molecule has 3 heteroatoms. The van der Waals surface area contributed by atoms with Crippen LogP contribution >= 0.6 is 0 Å². The topological polar surface area (TPSA) is 29.3 Å². The Morgan fingerprint density at radius 3 is 2.50 bits per heavy atom. The van der Waals surface area contributed by atoms with E-state index in [0.717, 1.165) is 18.5 Å². The molecule has 1 aliphatic carbocycles. The van der Waals surface area contributed by atoms with Crippen molar-refractivity contribution in [1.82, 2.24) is 0 Å². The van der Waals surface area contributed by atoms with Gasteiger partial charge in [0.2, 0.25) is 0 Å². The van der Waals surface area contributed by atoms with Crippen LogP contribution < -0.4 is 10.6 Å². The maximum Gasteiger partial charge on any atom is 0.125 e. The number of nitrogens with two attached hydrogens (primary N) is 1. The minimum absolute atomic E-state index is 0.0906. The van der Waals surface area contributed by atoms with Gasteiger partial charge in [-0.2, -0.15) is 0 Å². The fourth-order valence-electron chi connectivity index (χ4n) is 2.51. The standard InChI is InChI=1S/C13H19FN2/c1-16(2)12-8-10(14)4-5-11(12)13(9-15)6-3-7-13/h4-5,8H,3,6-7,9,15H2,1-2H3. The van der Waals surface area contributed by atoms with Crippen LogP contribution in [0.2, 0.25) is 0 Å². The lowest BCUT2D eigenvalue weighted by Crippen LogP contribution is -2.42. The van der Waals surface area contributed by atoms with Gasteiger partial charge in [-0.3, -0.25) is 0 Å². The van der Waals surface area contributed by atoms with E-state index in [1.54, 1.807) is 6.07 Å². The molecule has 88 valence electrons. The van der Waals surface area contributed by atoms with Crippen LogP contribution in [0.3, 0.4) is 0 Å². The fourth-order valence-corrected chi connectivity index (χ4v) is 2.51. The summed E-state index contributed by atoms with van der Waals surface area (Å²) in [7, 11) is 3.89. The van der Waals surface area contributed by atoms with Gasteiger partial charge in [-0.05, 0) is 30.5 Å². The third-order valence-corrected chi connectivity index (χ3v) is 3.71. The molecule has 0 radical (unpaired) electrons. The Hall–Kier alpha value is -1.09. The third kappa shape index (κ3) is 1.69. The highest BCUT2D eigenvalue weighted by Crippen LogP contribution is 2.46. The van der Waals surface area contributed by atoms with Gasteiger partial charge < -0.3 is 10.6 Å². The van der Waals surface area contributed by atoms with E-state index in [0.29, 0.717) is 6.54 Å². The van der Waals surface area contributed by atoms with E-state index in [1.807, 2.05) is 25.1 Å². The number of hydrogen-bond acceptors (Lipinski definition) is 2. The van der Waals surface area contributed by atoms with Gasteiger partial charge >= 0.3 is 0 Å². The highest BCUT2D eigenvalue weighted by atomic mass is 19.1. The second-order valence-corrected chi connectivity index (χ2v) is 4.89. The van der Waals surface area contributed by atoms with E-state index in [-0.39, 0.29) is 11.2 Å². The minimum atomic E-state index is -0.182. The Balaban J connectivity index is 2.47. The first kappa shape index (κ1) is 11.4. The zero-order chi connectivity index (χ0) is 11.8. The van der Waals surface area contributed by atoms with Crippen molar-refractivity contribution in [2.24, 2.45) is 5.73 Å². The van der Waals surface area contributed by atoms with Crippen LogP contribution in [-0.4, -0.2) is 20.6 Å². The smallest absolute Gasteiger partial charge is 0.125 e. The van der Waals surface area contributed by atoms with Crippen LogP contribution in [-0.2, 0) is 5.41 Å². The fraction of sp³-hybridized carbons (Fsp3) is 0.538. The highest BCUT2D eigenvalue weighted by Gasteiger charge is 2.39. The van der Waals surface area contributed by atoms with Gasteiger partial charge in [-0.25, -0.2) is 4.39 Å². The second kappa shape index (κ2) is 4.06. The van der Waals surface area contributed by atoms with Crippen molar-refractivity contribution in [2.75, 3.05) is 25.5 Å². The first-order valence-corrected chi connectivity index (χ1v) is 5.76. The van der Waals surface area contributed by atoms with E-state index in [2.05, 4.69) is 0 Å². The molecular formula is C13H19FN2. The molecule has 0 spiro atoms. The molecule has 0 aromatic heterocycles. The van der Waals surface area contributed by atoms with Crippen LogP contribution in [0.15, 0.2) is 18.2 Å². The number of rotatable bonds is 3. The van der Waals surface area contributed by atoms with Crippen molar-refractivity contribution < 1.29 is 4.39 Å². The van der Waals surface area contributed by atoms with Gasteiger partial charge in [0.15, 0.2) is 0 Å². The van der Waals surface area contributed by atoms with Crippen LogP contribution in [0.25, 0.3) is 0 Å². The molecule has 1 aromatic rings. The predicted octanol–water partition coefficient (Wildman–Crippen LogP) is 2.27. The molecular weight excluding hydrogens is 203 g/mol. The summed E-state index contributed by atoms with van der Waals surface area (Å²) < 4.78 is 13.3. The van der Waals surface area contributed by atoms with Gasteiger partial charge in [-0.1, -0.05) is 12.5 Å². The normalized spacial score (nSPS) is 18.0. The van der Waals surface area contributed by atoms with Crippen molar-refractivity contribution in [2.45, 2.75) is 24.7 Å².